The number of aryl methyl sites for hydroxylation is 1. The first-order valence-corrected chi connectivity index (χ1v) is 10.2. The van der Waals surface area contributed by atoms with Crippen LogP contribution >= 0.6 is 11.3 Å². The van der Waals surface area contributed by atoms with E-state index in [0.717, 1.165) is 16.7 Å². The molecule has 3 heterocycles. The van der Waals surface area contributed by atoms with Gasteiger partial charge >= 0.3 is 0 Å². The van der Waals surface area contributed by atoms with E-state index in [1.54, 1.807) is 24.4 Å². The Hall–Kier alpha value is -3.65. The fourth-order valence-corrected chi connectivity index (χ4v) is 3.94. The van der Waals surface area contributed by atoms with Crippen molar-refractivity contribution >= 4 is 28.2 Å². The summed E-state index contributed by atoms with van der Waals surface area (Å²) in [6, 6.07) is 15.0. The SMILES string of the molecule is Cc1cc(NC(=O)c2ccco2)sc1C(=O)NCc1ccc(Cn2cccn2)cc1. The second-order valence-corrected chi connectivity index (χ2v) is 7.81. The number of rotatable bonds is 7. The molecular formula is C22H20N4O3S. The van der Waals surface area contributed by atoms with Crippen LogP contribution in [0, 0.1) is 6.92 Å². The molecule has 0 aliphatic heterocycles. The normalized spacial score (nSPS) is 10.7. The molecule has 0 aliphatic carbocycles. The zero-order chi connectivity index (χ0) is 20.9. The van der Waals surface area contributed by atoms with Crippen molar-refractivity contribution in [3.8, 4) is 0 Å². The highest BCUT2D eigenvalue weighted by Gasteiger charge is 2.16. The maximum absolute atomic E-state index is 12.6. The Morgan fingerprint density at radius 3 is 2.60 bits per heavy atom. The molecule has 1 aromatic carbocycles. The number of nitrogens with zero attached hydrogens (tertiary/aromatic N) is 2. The van der Waals surface area contributed by atoms with Gasteiger partial charge in [0.25, 0.3) is 11.8 Å². The second kappa shape index (κ2) is 8.79. The summed E-state index contributed by atoms with van der Waals surface area (Å²) in [4.78, 5) is 25.3. The van der Waals surface area contributed by atoms with Gasteiger partial charge in [0.2, 0.25) is 0 Å². The van der Waals surface area contributed by atoms with Gasteiger partial charge in [0.15, 0.2) is 5.76 Å². The minimum atomic E-state index is -0.344. The first-order chi connectivity index (χ1) is 14.6. The van der Waals surface area contributed by atoms with Crippen molar-refractivity contribution in [2.45, 2.75) is 20.0 Å². The lowest BCUT2D eigenvalue weighted by molar-refractivity contribution is 0.0953. The van der Waals surface area contributed by atoms with Crippen LogP contribution in [0.3, 0.4) is 0 Å². The number of carbonyl (C=O) groups is 2. The van der Waals surface area contributed by atoms with E-state index in [0.29, 0.717) is 23.0 Å². The number of furan rings is 1. The van der Waals surface area contributed by atoms with Gasteiger partial charge in [-0.15, -0.1) is 11.3 Å². The molecule has 8 heteroatoms. The first-order valence-electron chi connectivity index (χ1n) is 9.37. The molecule has 3 aromatic heterocycles. The fourth-order valence-electron chi connectivity index (χ4n) is 2.96. The van der Waals surface area contributed by atoms with Gasteiger partial charge in [0.05, 0.1) is 22.7 Å². The Morgan fingerprint density at radius 2 is 1.90 bits per heavy atom. The Kier molecular flexibility index (Phi) is 5.76. The van der Waals surface area contributed by atoms with Crippen molar-refractivity contribution in [2.24, 2.45) is 0 Å². The Bertz CT molecular complexity index is 1130. The summed E-state index contributed by atoms with van der Waals surface area (Å²) < 4.78 is 6.95. The topological polar surface area (TPSA) is 89.2 Å². The van der Waals surface area contributed by atoms with Crippen molar-refractivity contribution < 1.29 is 14.0 Å². The predicted molar refractivity (Wildman–Crippen MR) is 115 cm³/mol. The number of nitrogens with one attached hydrogen (secondary N) is 2. The standard InChI is InChI=1S/C22H20N4O3S/c1-15-12-19(25-21(27)18-4-2-11-29-18)30-20(15)22(28)23-13-16-5-7-17(8-6-16)14-26-10-3-9-24-26/h2-12H,13-14H2,1H3,(H,23,28)(H,25,27). The monoisotopic (exact) mass is 420 g/mol. The average Bonchev–Trinajstić information content (AvgIpc) is 3.50. The highest BCUT2D eigenvalue weighted by atomic mass is 32.1. The number of aromatic nitrogens is 2. The van der Waals surface area contributed by atoms with Crippen LogP contribution in [0.5, 0.6) is 0 Å². The van der Waals surface area contributed by atoms with E-state index in [4.69, 9.17) is 4.42 Å². The van der Waals surface area contributed by atoms with Crippen LogP contribution in [0.4, 0.5) is 5.00 Å². The molecule has 4 rings (SSSR count). The van der Waals surface area contributed by atoms with Crippen LogP contribution in [-0.4, -0.2) is 21.6 Å². The highest BCUT2D eigenvalue weighted by Crippen LogP contribution is 2.27. The summed E-state index contributed by atoms with van der Waals surface area (Å²) in [6.45, 7) is 2.98. The molecule has 0 unspecified atom stereocenters. The van der Waals surface area contributed by atoms with Crippen molar-refractivity contribution in [3.05, 3.63) is 94.5 Å². The van der Waals surface area contributed by atoms with Crippen LogP contribution < -0.4 is 10.6 Å². The number of thiophene rings is 1. The first kappa shape index (κ1) is 19.7. The molecule has 0 aliphatic rings. The summed E-state index contributed by atoms with van der Waals surface area (Å²) >= 11 is 1.24. The summed E-state index contributed by atoms with van der Waals surface area (Å²) in [5.41, 5.74) is 2.95. The predicted octanol–water partition coefficient (Wildman–Crippen LogP) is 4.08. The third-order valence-corrected chi connectivity index (χ3v) is 5.64. The smallest absolute Gasteiger partial charge is 0.291 e. The minimum Gasteiger partial charge on any atom is -0.459 e. The van der Waals surface area contributed by atoms with E-state index in [-0.39, 0.29) is 17.6 Å². The van der Waals surface area contributed by atoms with Gasteiger partial charge in [-0.1, -0.05) is 24.3 Å². The van der Waals surface area contributed by atoms with Crippen LogP contribution in [0.25, 0.3) is 0 Å². The molecule has 4 aromatic rings. The van der Waals surface area contributed by atoms with Crippen LogP contribution in [0.2, 0.25) is 0 Å². The molecule has 152 valence electrons. The summed E-state index contributed by atoms with van der Waals surface area (Å²) in [5, 5.41) is 10.5. The number of hydrogen-bond donors (Lipinski definition) is 2. The molecule has 0 fully saturated rings. The quantitative estimate of drug-likeness (QED) is 0.472. The molecule has 2 amide bonds. The molecular weight excluding hydrogens is 400 g/mol. The van der Waals surface area contributed by atoms with E-state index in [9.17, 15) is 9.59 Å². The summed E-state index contributed by atoms with van der Waals surface area (Å²) in [5.74, 6) is -0.289. The third kappa shape index (κ3) is 4.66. The molecule has 0 saturated heterocycles. The summed E-state index contributed by atoms with van der Waals surface area (Å²) in [7, 11) is 0. The number of hydrogen-bond acceptors (Lipinski definition) is 5. The van der Waals surface area contributed by atoms with Crippen molar-refractivity contribution in [1.82, 2.24) is 15.1 Å². The minimum absolute atomic E-state index is 0.170. The van der Waals surface area contributed by atoms with Gasteiger partial charge in [-0.25, -0.2) is 0 Å². The maximum atomic E-state index is 12.6. The Labute approximate surface area is 177 Å². The maximum Gasteiger partial charge on any atom is 0.291 e. The molecule has 7 nitrogen and oxygen atoms in total. The fraction of sp³-hybridized carbons (Fsp3) is 0.136. The van der Waals surface area contributed by atoms with Gasteiger partial charge in [0, 0.05) is 18.9 Å². The number of benzene rings is 1. The summed E-state index contributed by atoms with van der Waals surface area (Å²) in [6.07, 6.45) is 5.12. The largest absolute Gasteiger partial charge is 0.459 e. The lowest BCUT2D eigenvalue weighted by Crippen LogP contribution is -2.22. The Balaban J connectivity index is 1.33. The molecule has 0 radical (unpaired) electrons. The van der Waals surface area contributed by atoms with Crippen LogP contribution in [0.15, 0.2) is 71.6 Å². The average molecular weight is 420 g/mol. The van der Waals surface area contributed by atoms with Gasteiger partial charge in [0.1, 0.15) is 0 Å². The number of carbonyl (C=O) groups excluding carboxylic acids is 2. The number of amides is 2. The van der Waals surface area contributed by atoms with Gasteiger partial charge < -0.3 is 15.1 Å². The molecule has 0 saturated carbocycles. The van der Waals surface area contributed by atoms with E-state index in [2.05, 4.69) is 15.7 Å². The van der Waals surface area contributed by atoms with Gasteiger partial charge in [-0.3, -0.25) is 14.3 Å². The lowest BCUT2D eigenvalue weighted by atomic mass is 10.1. The van der Waals surface area contributed by atoms with E-state index >= 15 is 0 Å². The Morgan fingerprint density at radius 1 is 1.10 bits per heavy atom. The van der Waals surface area contributed by atoms with E-state index in [1.165, 1.54) is 17.6 Å². The highest BCUT2D eigenvalue weighted by molar-refractivity contribution is 7.18. The zero-order valence-electron chi connectivity index (χ0n) is 16.3. The van der Waals surface area contributed by atoms with Crippen molar-refractivity contribution in [3.63, 3.8) is 0 Å². The number of anilines is 1. The molecule has 2 N–H and O–H groups in total. The molecule has 30 heavy (non-hydrogen) atoms. The van der Waals surface area contributed by atoms with Crippen molar-refractivity contribution in [2.75, 3.05) is 5.32 Å². The van der Waals surface area contributed by atoms with Crippen LogP contribution in [0.1, 0.15) is 36.9 Å². The third-order valence-electron chi connectivity index (χ3n) is 4.49. The second-order valence-electron chi connectivity index (χ2n) is 6.76. The van der Waals surface area contributed by atoms with E-state index in [1.807, 2.05) is 48.1 Å². The van der Waals surface area contributed by atoms with Crippen molar-refractivity contribution in [1.29, 1.82) is 0 Å². The van der Waals surface area contributed by atoms with Gasteiger partial charge in [-0.2, -0.15) is 5.10 Å². The zero-order valence-corrected chi connectivity index (χ0v) is 17.1. The molecule has 0 spiro atoms. The van der Waals surface area contributed by atoms with Gasteiger partial charge in [-0.05, 0) is 47.9 Å². The molecule has 0 bridgehead atoms. The molecule has 0 atom stereocenters. The van der Waals surface area contributed by atoms with Crippen LogP contribution in [-0.2, 0) is 13.1 Å². The lowest BCUT2D eigenvalue weighted by Gasteiger charge is -2.07. The van der Waals surface area contributed by atoms with E-state index < -0.39 is 0 Å².